The minimum atomic E-state index is -1.15. The number of likely N-dealkylation sites (N-methyl/N-ethyl adjacent to an activating group) is 1. The Bertz CT molecular complexity index is 943. The molecule has 2 N–H and O–H groups in total. The van der Waals surface area contributed by atoms with E-state index in [1.165, 1.54) is 7.05 Å². The fraction of sp³-hybridized carbons (Fsp3) is 0.192. The predicted octanol–water partition coefficient (Wildman–Crippen LogP) is 3.42. The topological polar surface area (TPSA) is 86.7 Å². The van der Waals surface area contributed by atoms with Crippen molar-refractivity contribution in [1.29, 1.82) is 0 Å². The van der Waals surface area contributed by atoms with Crippen LogP contribution in [0.1, 0.15) is 29.5 Å². The van der Waals surface area contributed by atoms with E-state index in [1.807, 2.05) is 91.0 Å². The number of hydrogen-bond acceptors (Lipinski definition) is 3. The van der Waals surface area contributed by atoms with Gasteiger partial charge < -0.3 is 15.3 Å². The number of nitrogens with one attached hydrogen (secondary N) is 1. The minimum absolute atomic E-state index is 0.00482. The SMILES string of the molecule is CN(C=O)C(CCC(=O)NC(c1ccccc1)(c1ccccc1)c1ccccc1)C(=O)O. The molecule has 2 amide bonds. The highest BCUT2D eigenvalue weighted by atomic mass is 16.4. The number of carbonyl (C=O) groups excluding carboxylic acids is 2. The van der Waals surface area contributed by atoms with Crippen LogP contribution in [0.15, 0.2) is 91.0 Å². The maximum Gasteiger partial charge on any atom is 0.326 e. The first-order valence-corrected chi connectivity index (χ1v) is 10.4. The van der Waals surface area contributed by atoms with E-state index >= 15 is 0 Å². The van der Waals surface area contributed by atoms with Gasteiger partial charge in [0.2, 0.25) is 12.3 Å². The first-order chi connectivity index (χ1) is 15.5. The lowest BCUT2D eigenvalue weighted by atomic mass is 9.77. The van der Waals surface area contributed by atoms with Crippen molar-refractivity contribution in [2.24, 2.45) is 0 Å². The lowest BCUT2D eigenvalue weighted by molar-refractivity contribution is -0.146. The molecule has 3 aromatic carbocycles. The van der Waals surface area contributed by atoms with Crippen LogP contribution in [0.5, 0.6) is 0 Å². The maximum atomic E-state index is 13.2. The number of carbonyl (C=O) groups is 3. The van der Waals surface area contributed by atoms with Crippen molar-refractivity contribution in [3.8, 4) is 0 Å². The van der Waals surface area contributed by atoms with Gasteiger partial charge in [0, 0.05) is 13.5 Å². The summed E-state index contributed by atoms with van der Waals surface area (Å²) in [5.74, 6) is -1.46. The third-order valence-electron chi connectivity index (χ3n) is 5.54. The summed E-state index contributed by atoms with van der Waals surface area (Å²) in [5.41, 5.74) is 1.68. The second-order valence-corrected chi connectivity index (χ2v) is 7.56. The average molecular weight is 431 g/mol. The Hall–Kier alpha value is -3.93. The Kier molecular flexibility index (Phi) is 7.39. The monoisotopic (exact) mass is 430 g/mol. The van der Waals surface area contributed by atoms with Gasteiger partial charge in [-0.05, 0) is 23.1 Å². The minimum Gasteiger partial charge on any atom is -0.480 e. The molecule has 0 aromatic heterocycles. The van der Waals surface area contributed by atoms with Gasteiger partial charge in [0.1, 0.15) is 11.6 Å². The van der Waals surface area contributed by atoms with Crippen molar-refractivity contribution < 1.29 is 19.5 Å². The van der Waals surface area contributed by atoms with E-state index in [-0.39, 0.29) is 18.7 Å². The van der Waals surface area contributed by atoms with Gasteiger partial charge in [-0.2, -0.15) is 0 Å². The zero-order chi connectivity index (χ0) is 23.0. The molecule has 0 bridgehead atoms. The number of aliphatic carboxylic acids is 1. The first-order valence-electron chi connectivity index (χ1n) is 10.4. The normalized spacial score (nSPS) is 11.9. The molecular formula is C26H26N2O4. The molecule has 164 valence electrons. The quantitative estimate of drug-likeness (QED) is 0.381. The van der Waals surface area contributed by atoms with E-state index in [2.05, 4.69) is 5.32 Å². The fourth-order valence-corrected chi connectivity index (χ4v) is 3.90. The van der Waals surface area contributed by atoms with Crippen LogP contribution in [0.4, 0.5) is 0 Å². The molecule has 0 saturated heterocycles. The van der Waals surface area contributed by atoms with Crippen LogP contribution in [-0.4, -0.2) is 41.4 Å². The molecule has 0 radical (unpaired) electrons. The highest BCUT2D eigenvalue weighted by Crippen LogP contribution is 2.36. The number of rotatable bonds is 10. The molecule has 0 saturated carbocycles. The molecule has 0 spiro atoms. The largest absolute Gasteiger partial charge is 0.480 e. The van der Waals surface area contributed by atoms with E-state index < -0.39 is 17.6 Å². The summed E-state index contributed by atoms with van der Waals surface area (Å²) in [6, 6.07) is 27.9. The lowest BCUT2D eigenvalue weighted by Gasteiger charge is -2.37. The summed E-state index contributed by atoms with van der Waals surface area (Å²) in [7, 11) is 1.39. The van der Waals surface area contributed by atoms with Gasteiger partial charge in [0.05, 0.1) is 0 Å². The highest BCUT2D eigenvalue weighted by Gasteiger charge is 2.38. The molecular weight excluding hydrogens is 404 g/mol. The van der Waals surface area contributed by atoms with Crippen molar-refractivity contribution in [2.75, 3.05) is 7.05 Å². The molecule has 3 rings (SSSR count). The number of nitrogens with zero attached hydrogens (tertiary/aromatic N) is 1. The number of carboxylic acid groups (broad SMARTS) is 1. The summed E-state index contributed by atoms with van der Waals surface area (Å²) in [5, 5.41) is 12.6. The van der Waals surface area contributed by atoms with Gasteiger partial charge in [-0.15, -0.1) is 0 Å². The van der Waals surface area contributed by atoms with Crippen molar-refractivity contribution in [1.82, 2.24) is 10.2 Å². The van der Waals surface area contributed by atoms with Crippen LogP contribution in [0, 0.1) is 0 Å². The molecule has 6 heteroatoms. The molecule has 1 atom stereocenters. The Morgan fingerprint density at radius 1 is 0.875 bits per heavy atom. The zero-order valence-electron chi connectivity index (χ0n) is 17.8. The van der Waals surface area contributed by atoms with Crippen LogP contribution in [0.3, 0.4) is 0 Å². The van der Waals surface area contributed by atoms with E-state index in [0.29, 0.717) is 6.41 Å². The van der Waals surface area contributed by atoms with Gasteiger partial charge in [0.15, 0.2) is 0 Å². The highest BCUT2D eigenvalue weighted by molar-refractivity contribution is 5.81. The van der Waals surface area contributed by atoms with Crippen molar-refractivity contribution in [2.45, 2.75) is 24.4 Å². The van der Waals surface area contributed by atoms with Gasteiger partial charge in [-0.1, -0.05) is 91.0 Å². The van der Waals surface area contributed by atoms with Crippen molar-refractivity contribution >= 4 is 18.3 Å². The number of carboxylic acids is 1. The maximum absolute atomic E-state index is 13.2. The van der Waals surface area contributed by atoms with Crippen LogP contribution in [0.2, 0.25) is 0 Å². The molecule has 3 aromatic rings. The molecule has 0 fully saturated rings. The van der Waals surface area contributed by atoms with Crippen LogP contribution in [-0.2, 0) is 19.9 Å². The Balaban J connectivity index is 2.02. The van der Waals surface area contributed by atoms with Gasteiger partial charge in [-0.25, -0.2) is 4.79 Å². The summed E-state index contributed by atoms with van der Waals surface area (Å²) in [4.78, 5) is 36.8. The van der Waals surface area contributed by atoms with Crippen molar-refractivity contribution in [3.05, 3.63) is 108 Å². The summed E-state index contributed by atoms with van der Waals surface area (Å²) in [6.07, 6.45) is 0.410. The van der Waals surface area contributed by atoms with Gasteiger partial charge >= 0.3 is 5.97 Å². The zero-order valence-corrected chi connectivity index (χ0v) is 17.8. The van der Waals surface area contributed by atoms with Crippen LogP contribution < -0.4 is 5.32 Å². The molecule has 6 nitrogen and oxygen atoms in total. The summed E-state index contributed by atoms with van der Waals surface area (Å²) >= 11 is 0. The molecule has 1 unspecified atom stereocenters. The standard InChI is InChI=1S/C26H26N2O4/c1-28(19-29)23(25(31)32)17-18-24(30)27-26(20-11-5-2-6-12-20,21-13-7-3-8-14-21)22-15-9-4-10-16-22/h2-16,19,23H,17-18H2,1H3,(H,27,30)(H,31,32). The fourth-order valence-electron chi connectivity index (χ4n) is 3.90. The van der Waals surface area contributed by atoms with Gasteiger partial charge in [-0.3, -0.25) is 9.59 Å². The molecule has 32 heavy (non-hydrogen) atoms. The second-order valence-electron chi connectivity index (χ2n) is 7.56. The molecule has 0 heterocycles. The number of amides is 2. The summed E-state index contributed by atoms with van der Waals surface area (Å²) in [6.45, 7) is 0. The van der Waals surface area contributed by atoms with E-state index in [1.54, 1.807) is 0 Å². The first kappa shape index (κ1) is 22.7. The van der Waals surface area contributed by atoms with Crippen molar-refractivity contribution in [3.63, 3.8) is 0 Å². The summed E-state index contributed by atoms with van der Waals surface area (Å²) < 4.78 is 0. The lowest BCUT2D eigenvalue weighted by Crippen LogP contribution is -2.48. The Morgan fingerprint density at radius 2 is 1.28 bits per heavy atom. The Morgan fingerprint density at radius 3 is 1.62 bits per heavy atom. The molecule has 0 aliphatic heterocycles. The van der Waals surface area contributed by atoms with Gasteiger partial charge in [0.25, 0.3) is 0 Å². The van der Waals surface area contributed by atoms with E-state index in [4.69, 9.17) is 0 Å². The third kappa shape index (κ3) is 4.86. The molecule has 0 aliphatic carbocycles. The van der Waals surface area contributed by atoms with E-state index in [9.17, 15) is 19.5 Å². The number of hydrogen-bond donors (Lipinski definition) is 2. The third-order valence-corrected chi connectivity index (χ3v) is 5.54. The Labute approximate surface area is 187 Å². The van der Waals surface area contributed by atoms with Crippen LogP contribution >= 0.6 is 0 Å². The smallest absolute Gasteiger partial charge is 0.326 e. The average Bonchev–Trinajstić information content (AvgIpc) is 2.84. The van der Waals surface area contributed by atoms with Crippen LogP contribution in [0.25, 0.3) is 0 Å². The predicted molar refractivity (Wildman–Crippen MR) is 122 cm³/mol. The molecule has 0 aliphatic rings. The number of benzene rings is 3. The second kappa shape index (κ2) is 10.4. The van der Waals surface area contributed by atoms with E-state index in [0.717, 1.165) is 21.6 Å².